The lowest BCUT2D eigenvalue weighted by Crippen LogP contribution is -1.96. The summed E-state index contributed by atoms with van der Waals surface area (Å²) in [5.41, 5.74) is 3.68. The number of nitriles is 1. The first kappa shape index (κ1) is 15.4. The fraction of sp³-hybridized carbons (Fsp3) is 0.278. The topological polar surface area (TPSA) is 33.0 Å². The molecule has 0 radical (unpaired) electrons. The van der Waals surface area contributed by atoms with E-state index in [2.05, 4.69) is 32.0 Å². The SMILES string of the molecule is Cc1ccc(C(C)C)c(Oc2ccc(CCl)cc2C#N)c1. The number of halogens is 1. The van der Waals surface area contributed by atoms with Crippen molar-refractivity contribution in [3.8, 4) is 17.6 Å². The Labute approximate surface area is 130 Å². The van der Waals surface area contributed by atoms with Crippen LogP contribution in [0.2, 0.25) is 0 Å². The van der Waals surface area contributed by atoms with Crippen LogP contribution in [0.25, 0.3) is 0 Å². The third kappa shape index (κ3) is 3.56. The lowest BCUT2D eigenvalue weighted by Gasteiger charge is -2.15. The van der Waals surface area contributed by atoms with E-state index in [4.69, 9.17) is 16.3 Å². The van der Waals surface area contributed by atoms with Gasteiger partial charge in [-0.05, 0) is 47.7 Å². The molecule has 0 saturated heterocycles. The average molecular weight is 300 g/mol. The standard InChI is InChI=1S/C18H18ClNO/c1-12(2)16-6-4-13(3)8-18(16)21-17-7-5-14(10-19)9-15(17)11-20/h4-9,12H,10H2,1-3H3. The molecular weight excluding hydrogens is 282 g/mol. The lowest BCUT2D eigenvalue weighted by molar-refractivity contribution is 0.471. The number of benzene rings is 2. The van der Waals surface area contributed by atoms with E-state index >= 15 is 0 Å². The Kier molecular flexibility index (Phi) is 4.88. The van der Waals surface area contributed by atoms with Crippen molar-refractivity contribution in [1.29, 1.82) is 5.26 Å². The maximum Gasteiger partial charge on any atom is 0.145 e. The van der Waals surface area contributed by atoms with Gasteiger partial charge in [0.15, 0.2) is 0 Å². The fourth-order valence-corrected chi connectivity index (χ4v) is 2.33. The van der Waals surface area contributed by atoms with Gasteiger partial charge in [0, 0.05) is 5.88 Å². The monoisotopic (exact) mass is 299 g/mol. The summed E-state index contributed by atoms with van der Waals surface area (Å²) in [6.07, 6.45) is 0. The first-order valence-corrected chi connectivity index (χ1v) is 7.46. The minimum atomic E-state index is 0.355. The van der Waals surface area contributed by atoms with Crippen molar-refractivity contribution < 1.29 is 4.74 Å². The second kappa shape index (κ2) is 6.65. The van der Waals surface area contributed by atoms with Gasteiger partial charge in [-0.3, -0.25) is 0 Å². The maximum atomic E-state index is 9.28. The van der Waals surface area contributed by atoms with Crippen molar-refractivity contribution in [2.24, 2.45) is 0 Å². The van der Waals surface area contributed by atoms with Gasteiger partial charge in [-0.25, -0.2) is 0 Å². The van der Waals surface area contributed by atoms with E-state index in [-0.39, 0.29) is 0 Å². The zero-order valence-corrected chi connectivity index (χ0v) is 13.2. The highest BCUT2D eigenvalue weighted by atomic mass is 35.5. The minimum Gasteiger partial charge on any atom is -0.456 e. The van der Waals surface area contributed by atoms with Gasteiger partial charge >= 0.3 is 0 Å². The van der Waals surface area contributed by atoms with Crippen molar-refractivity contribution in [3.63, 3.8) is 0 Å². The molecule has 0 aliphatic heterocycles. The van der Waals surface area contributed by atoms with E-state index in [0.717, 1.165) is 22.4 Å². The Bertz CT molecular complexity index is 686. The van der Waals surface area contributed by atoms with E-state index in [1.54, 1.807) is 6.07 Å². The van der Waals surface area contributed by atoms with Crippen molar-refractivity contribution in [3.05, 3.63) is 58.7 Å². The van der Waals surface area contributed by atoms with Crippen LogP contribution in [0.5, 0.6) is 11.5 Å². The van der Waals surface area contributed by atoms with Gasteiger partial charge in [-0.2, -0.15) is 5.26 Å². The third-order valence-electron chi connectivity index (χ3n) is 3.33. The number of alkyl halides is 1. The molecule has 21 heavy (non-hydrogen) atoms. The van der Waals surface area contributed by atoms with Crippen LogP contribution in [0.4, 0.5) is 0 Å². The molecule has 0 N–H and O–H groups in total. The summed E-state index contributed by atoms with van der Waals surface area (Å²) in [5, 5.41) is 9.28. The van der Waals surface area contributed by atoms with E-state index in [1.165, 1.54) is 0 Å². The average Bonchev–Trinajstić information content (AvgIpc) is 2.47. The summed E-state index contributed by atoms with van der Waals surface area (Å²) in [6, 6.07) is 13.8. The zero-order valence-electron chi connectivity index (χ0n) is 12.5. The smallest absolute Gasteiger partial charge is 0.145 e. The maximum absolute atomic E-state index is 9.28. The van der Waals surface area contributed by atoms with Crippen molar-refractivity contribution in [1.82, 2.24) is 0 Å². The molecule has 108 valence electrons. The molecule has 0 heterocycles. The molecule has 0 atom stereocenters. The molecule has 0 aliphatic rings. The summed E-state index contributed by atoms with van der Waals surface area (Å²) < 4.78 is 6.01. The molecular formula is C18H18ClNO. The predicted octanol–water partition coefficient (Wildman–Crippen LogP) is 5.52. The van der Waals surface area contributed by atoms with Crippen molar-refractivity contribution in [2.45, 2.75) is 32.6 Å². The van der Waals surface area contributed by atoms with E-state index in [9.17, 15) is 5.26 Å². The van der Waals surface area contributed by atoms with E-state index < -0.39 is 0 Å². The summed E-state index contributed by atoms with van der Waals surface area (Å²) in [6.45, 7) is 6.28. The summed E-state index contributed by atoms with van der Waals surface area (Å²) in [4.78, 5) is 0. The van der Waals surface area contributed by atoms with Crippen LogP contribution in [-0.4, -0.2) is 0 Å². The first-order valence-electron chi connectivity index (χ1n) is 6.92. The Hall–Kier alpha value is -1.98. The molecule has 0 aromatic heterocycles. The van der Waals surface area contributed by atoms with Gasteiger partial charge in [0.2, 0.25) is 0 Å². The van der Waals surface area contributed by atoms with E-state index in [1.807, 2.05) is 25.1 Å². The molecule has 2 aromatic carbocycles. The highest BCUT2D eigenvalue weighted by molar-refractivity contribution is 6.17. The van der Waals surface area contributed by atoms with Gasteiger partial charge in [-0.1, -0.05) is 32.0 Å². The Morgan fingerprint density at radius 2 is 1.90 bits per heavy atom. The lowest BCUT2D eigenvalue weighted by atomic mass is 10.0. The number of aryl methyl sites for hydroxylation is 1. The van der Waals surface area contributed by atoms with Gasteiger partial charge in [0.25, 0.3) is 0 Å². The molecule has 0 amide bonds. The van der Waals surface area contributed by atoms with Crippen molar-refractivity contribution in [2.75, 3.05) is 0 Å². The molecule has 0 aliphatic carbocycles. The summed E-state index contributed by atoms with van der Waals surface area (Å²) in [5.74, 6) is 2.11. The number of ether oxygens (including phenoxy) is 1. The largest absolute Gasteiger partial charge is 0.456 e. The fourth-order valence-electron chi connectivity index (χ4n) is 2.16. The number of nitrogens with zero attached hydrogens (tertiary/aromatic N) is 1. The van der Waals surface area contributed by atoms with Crippen LogP contribution in [0.15, 0.2) is 36.4 Å². The quantitative estimate of drug-likeness (QED) is 0.696. The van der Waals surface area contributed by atoms with Crippen LogP contribution in [0, 0.1) is 18.3 Å². The molecule has 2 rings (SSSR count). The van der Waals surface area contributed by atoms with Crippen LogP contribution >= 0.6 is 11.6 Å². The van der Waals surface area contributed by atoms with Crippen LogP contribution < -0.4 is 4.74 Å². The van der Waals surface area contributed by atoms with E-state index in [0.29, 0.717) is 23.1 Å². The molecule has 0 unspecified atom stereocenters. The van der Waals surface area contributed by atoms with Crippen molar-refractivity contribution >= 4 is 11.6 Å². The molecule has 0 bridgehead atoms. The second-order valence-corrected chi connectivity index (χ2v) is 5.64. The second-order valence-electron chi connectivity index (χ2n) is 5.37. The molecule has 3 heteroatoms. The van der Waals surface area contributed by atoms with Gasteiger partial charge in [-0.15, -0.1) is 11.6 Å². The summed E-state index contributed by atoms with van der Waals surface area (Å²) in [7, 11) is 0. The highest BCUT2D eigenvalue weighted by Gasteiger charge is 2.12. The van der Waals surface area contributed by atoms with Gasteiger partial charge < -0.3 is 4.74 Å². The molecule has 2 aromatic rings. The van der Waals surface area contributed by atoms with Gasteiger partial charge in [0.1, 0.15) is 17.6 Å². The third-order valence-corrected chi connectivity index (χ3v) is 3.64. The Morgan fingerprint density at radius 1 is 1.14 bits per heavy atom. The number of hydrogen-bond acceptors (Lipinski definition) is 2. The normalized spacial score (nSPS) is 10.5. The number of rotatable bonds is 4. The summed E-state index contributed by atoms with van der Waals surface area (Å²) >= 11 is 5.81. The Balaban J connectivity index is 2.43. The highest BCUT2D eigenvalue weighted by Crippen LogP contribution is 2.33. The molecule has 0 saturated carbocycles. The van der Waals surface area contributed by atoms with Gasteiger partial charge in [0.05, 0.1) is 5.56 Å². The predicted molar refractivity (Wildman–Crippen MR) is 86.1 cm³/mol. The minimum absolute atomic E-state index is 0.355. The number of hydrogen-bond donors (Lipinski definition) is 0. The zero-order chi connectivity index (χ0) is 15.4. The van der Waals surface area contributed by atoms with Crippen LogP contribution in [-0.2, 0) is 5.88 Å². The molecule has 2 nitrogen and oxygen atoms in total. The van der Waals surface area contributed by atoms with Crippen LogP contribution in [0.3, 0.4) is 0 Å². The Morgan fingerprint density at radius 3 is 2.52 bits per heavy atom. The molecule has 0 spiro atoms. The molecule has 0 fully saturated rings. The van der Waals surface area contributed by atoms with Crippen LogP contribution in [0.1, 0.15) is 42.0 Å². The first-order chi connectivity index (χ1) is 10.0.